The Morgan fingerprint density at radius 1 is 1.30 bits per heavy atom. The standard InChI is InChI=1S/C13H8ClN3O2S/c1-7-2-3-8(17(18)19)4-9(7)11-5-10-12(20-11)13(14)16-6-15-10/h2-6H,1H3. The summed E-state index contributed by atoms with van der Waals surface area (Å²) in [7, 11) is 0. The molecule has 0 spiro atoms. The van der Waals surface area contributed by atoms with E-state index in [1.807, 2.05) is 13.0 Å². The van der Waals surface area contributed by atoms with E-state index in [0.717, 1.165) is 26.2 Å². The summed E-state index contributed by atoms with van der Waals surface area (Å²) in [6.45, 7) is 1.91. The van der Waals surface area contributed by atoms with Gasteiger partial charge in [-0.05, 0) is 18.6 Å². The molecule has 0 aliphatic heterocycles. The molecule has 1 aromatic carbocycles. The van der Waals surface area contributed by atoms with Crippen LogP contribution in [0.2, 0.25) is 5.15 Å². The molecular weight excluding hydrogens is 298 g/mol. The van der Waals surface area contributed by atoms with Crippen molar-refractivity contribution in [3.63, 3.8) is 0 Å². The van der Waals surface area contributed by atoms with E-state index in [9.17, 15) is 10.1 Å². The monoisotopic (exact) mass is 305 g/mol. The quantitative estimate of drug-likeness (QED) is 0.403. The van der Waals surface area contributed by atoms with Gasteiger partial charge >= 0.3 is 0 Å². The first-order chi connectivity index (χ1) is 9.56. The van der Waals surface area contributed by atoms with Crippen molar-refractivity contribution in [2.24, 2.45) is 0 Å². The Morgan fingerprint density at radius 2 is 2.10 bits per heavy atom. The molecule has 0 saturated heterocycles. The molecular formula is C13H8ClN3O2S. The van der Waals surface area contributed by atoms with Gasteiger partial charge in [-0.15, -0.1) is 11.3 Å². The SMILES string of the molecule is Cc1ccc([N+](=O)[O-])cc1-c1cc2ncnc(Cl)c2s1. The molecule has 0 amide bonds. The second-order valence-electron chi connectivity index (χ2n) is 4.25. The Bertz CT molecular complexity index is 832. The molecule has 5 nitrogen and oxygen atoms in total. The van der Waals surface area contributed by atoms with Crippen molar-refractivity contribution in [2.45, 2.75) is 6.92 Å². The highest BCUT2D eigenvalue weighted by Crippen LogP contribution is 2.37. The highest BCUT2D eigenvalue weighted by Gasteiger charge is 2.14. The van der Waals surface area contributed by atoms with Crippen molar-refractivity contribution in [1.29, 1.82) is 0 Å². The third-order valence-corrected chi connectivity index (χ3v) is 4.53. The molecule has 0 radical (unpaired) electrons. The Morgan fingerprint density at radius 3 is 2.80 bits per heavy atom. The van der Waals surface area contributed by atoms with Crippen molar-refractivity contribution < 1.29 is 4.92 Å². The second kappa shape index (κ2) is 4.81. The summed E-state index contributed by atoms with van der Waals surface area (Å²) in [6, 6.07) is 6.69. The van der Waals surface area contributed by atoms with E-state index in [0.29, 0.717) is 5.15 Å². The zero-order valence-corrected chi connectivity index (χ0v) is 11.9. The Kier molecular flexibility index (Phi) is 3.11. The normalized spacial score (nSPS) is 10.9. The summed E-state index contributed by atoms with van der Waals surface area (Å²) in [5.41, 5.74) is 2.60. The maximum absolute atomic E-state index is 10.9. The van der Waals surface area contributed by atoms with Crippen LogP contribution in [0.5, 0.6) is 0 Å². The molecule has 0 bridgehead atoms. The average Bonchev–Trinajstić information content (AvgIpc) is 2.84. The van der Waals surface area contributed by atoms with Crippen LogP contribution >= 0.6 is 22.9 Å². The molecule has 0 saturated carbocycles. The number of benzene rings is 1. The van der Waals surface area contributed by atoms with Crippen LogP contribution in [0.15, 0.2) is 30.6 Å². The predicted molar refractivity (Wildman–Crippen MR) is 79.3 cm³/mol. The van der Waals surface area contributed by atoms with Gasteiger partial charge in [0, 0.05) is 22.6 Å². The summed E-state index contributed by atoms with van der Waals surface area (Å²) in [5, 5.41) is 11.3. The zero-order valence-electron chi connectivity index (χ0n) is 10.3. The highest BCUT2D eigenvalue weighted by atomic mass is 35.5. The number of thiophene rings is 1. The Hall–Kier alpha value is -2.05. The number of nitro groups is 1. The highest BCUT2D eigenvalue weighted by molar-refractivity contribution is 7.22. The summed E-state index contributed by atoms with van der Waals surface area (Å²) in [6.07, 6.45) is 1.40. The van der Waals surface area contributed by atoms with Gasteiger partial charge in [0.15, 0.2) is 0 Å². The van der Waals surface area contributed by atoms with Crippen LogP contribution in [0.3, 0.4) is 0 Å². The maximum atomic E-state index is 10.9. The molecule has 0 N–H and O–H groups in total. The van der Waals surface area contributed by atoms with Crippen LogP contribution in [0.1, 0.15) is 5.56 Å². The maximum Gasteiger partial charge on any atom is 0.270 e. The van der Waals surface area contributed by atoms with Gasteiger partial charge in [-0.3, -0.25) is 10.1 Å². The molecule has 0 aliphatic rings. The van der Waals surface area contributed by atoms with E-state index in [1.54, 1.807) is 12.1 Å². The topological polar surface area (TPSA) is 68.9 Å². The number of hydrogen-bond acceptors (Lipinski definition) is 5. The molecule has 0 aliphatic carbocycles. The minimum atomic E-state index is -0.400. The fourth-order valence-corrected chi connectivity index (χ4v) is 3.28. The molecule has 100 valence electrons. The van der Waals surface area contributed by atoms with E-state index in [2.05, 4.69) is 9.97 Å². The lowest BCUT2D eigenvalue weighted by atomic mass is 10.1. The molecule has 3 aromatic rings. The second-order valence-corrected chi connectivity index (χ2v) is 5.66. The number of rotatable bonds is 2. The predicted octanol–water partition coefficient (Wildman–Crippen LogP) is 4.23. The average molecular weight is 306 g/mol. The largest absolute Gasteiger partial charge is 0.270 e. The molecule has 0 fully saturated rings. The van der Waals surface area contributed by atoms with Crippen LogP contribution in [0.25, 0.3) is 20.7 Å². The number of nitro benzene ring substituents is 1. The van der Waals surface area contributed by atoms with E-state index < -0.39 is 4.92 Å². The van der Waals surface area contributed by atoms with Gasteiger partial charge in [-0.25, -0.2) is 9.97 Å². The fraction of sp³-hybridized carbons (Fsp3) is 0.0769. The first kappa shape index (κ1) is 13.0. The van der Waals surface area contributed by atoms with Gasteiger partial charge in [-0.2, -0.15) is 0 Å². The van der Waals surface area contributed by atoms with Crippen molar-refractivity contribution in [2.75, 3.05) is 0 Å². The van der Waals surface area contributed by atoms with Gasteiger partial charge in [0.2, 0.25) is 0 Å². The van der Waals surface area contributed by atoms with Crippen LogP contribution in [-0.4, -0.2) is 14.9 Å². The molecule has 0 unspecified atom stereocenters. The number of non-ortho nitro benzene ring substituents is 1. The summed E-state index contributed by atoms with van der Waals surface area (Å²) < 4.78 is 0.787. The van der Waals surface area contributed by atoms with E-state index in [-0.39, 0.29) is 5.69 Å². The van der Waals surface area contributed by atoms with Gasteiger partial charge in [-0.1, -0.05) is 17.7 Å². The molecule has 2 aromatic heterocycles. The summed E-state index contributed by atoms with van der Waals surface area (Å²) in [5.74, 6) is 0. The van der Waals surface area contributed by atoms with Gasteiger partial charge in [0.05, 0.1) is 15.1 Å². The number of hydrogen-bond donors (Lipinski definition) is 0. The molecule has 20 heavy (non-hydrogen) atoms. The minimum absolute atomic E-state index is 0.0697. The third-order valence-electron chi connectivity index (χ3n) is 2.97. The van der Waals surface area contributed by atoms with Crippen LogP contribution in [0, 0.1) is 17.0 Å². The van der Waals surface area contributed by atoms with Gasteiger partial charge < -0.3 is 0 Å². The number of halogens is 1. The minimum Gasteiger partial charge on any atom is -0.258 e. The fourth-order valence-electron chi connectivity index (χ4n) is 1.95. The molecule has 7 heteroatoms. The van der Waals surface area contributed by atoms with Crippen LogP contribution in [-0.2, 0) is 0 Å². The molecule has 0 atom stereocenters. The summed E-state index contributed by atoms with van der Waals surface area (Å²) in [4.78, 5) is 19.5. The van der Waals surface area contributed by atoms with E-state index in [4.69, 9.17) is 11.6 Å². The third kappa shape index (κ3) is 2.13. The molecule has 3 rings (SSSR count). The lowest BCUT2D eigenvalue weighted by Crippen LogP contribution is -1.89. The lowest BCUT2D eigenvalue weighted by Gasteiger charge is -2.02. The smallest absolute Gasteiger partial charge is 0.258 e. The van der Waals surface area contributed by atoms with Crippen molar-refractivity contribution in [3.8, 4) is 10.4 Å². The van der Waals surface area contributed by atoms with Crippen molar-refractivity contribution >= 4 is 38.8 Å². The van der Waals surface area contributed by atoms with Gasteiger partial charge in [0.1, 0.15) is 11.5 Å². The first-order valence-electron chi connectivity index (χ1n) is 5.71. The van der Waals surface area contributed by atoms with Gasteiger partial charge in [0.25, 0.3) is 5.69 Å². The van der Waals surface area contributed by atoms with Crippen LogP contribution in [0.4, 0.5) is 5.69 Å². The first-order valence-corrected chi connectivity index (χ1v) is 6.91. The van der Waals surface area contributed by atoms with E-state index in [1.165, 1.54) is 23.7 Å². The Labute approximate surface area is 123 Å². The molecule has 2 heterocycles. The number of aryl methyl sites for hydroxylation is 1. The van der Waals surface area contributed by atoms with Crippen molar-refractivity contribution in [1.82, 2.24) is 9.97 Å². The van der Waals surface area contributed by atoms with Crippen LogP contribution < -0.4 is 0 Å². The summed E-state index contributed by atoms with van der Waals surface area (Å²) >= 11 is 7.46. The Balaban J connectivity index is 2.22. The lowest BCUT2D eigenvalue weighted by molar-refractivity contribution is -0.384. The number of aromatic nitrogens is 2. The van der Waals surface area contributed by atoms with E-state index >= 15 is 0 Å². The zero-order chi connectivity index (χ0) is 14.3. The van der Waals surface area contributed by atoms with Crippen molar-refractivity contribution in [3.05, 3.63) is 51.4 Å². The number of fused-ring (bicyclic) bond motifs is 1. The number of nitrogens with zero attached hydrogens (tertiary/aromatic N) is 3.